The van der Waals surface area contributed by atoms with Gasteiger partial charge in [0.05, 0.1) is 10.7 Å². The minimum atomic E-state index is -0.258. The minimum Gasteiger partial charge on any atom is -0.366 e. The van der Waals surface area contributed by atoms with Crippen LogP contribution in [0.4, 0.5) is 10.2 Å². The number of amides is 1. The van der Waals surface area contributed by atoms with Crippen LogP contribution in [-0.4, -0.2) is 34.9 Å². The van der Waals surface area contributed by atoms with E-state index in [-0.39, 0.29) is 17.6 Å². The maximum atomic E-state index is 13.4. The monoisotopic (exact) mass is 466 g/mol. The van der Waals surface area contributed by atoms with E-state index >= 15 is 0 Å². The molecule has 0 bridgehead atoms. The number of anilines is 1. The molecule has 172 valence electrons. The minimum absolute atomic E-state index is 0.110. The number of hydrogen-bond donors (Lipinski definition) is 1. The first kappa shape index (κ1) is 23.2. The summed E-state index contributed by atoms with van der Waals surface area (Å²) in [5.41, 5.74) is 3.38. The summed E-state index contributed by atoms with van der Waals surface area (Å²) in [7, 11) is 3.63. The van der Waals surface area contributed by atoms with E-state index in [0.29, 0.717) is 23.3 Å². The van der Waals surface area contributed by atoms with Crippen molar-refractivity contribution in [3.8, 4) is 11.3 Å². The second-order valence-electron chi connectivity index (χ2n) is 8.86. The molecule has 1 fully saturated rings. The van der Waals surface area contributed by atoms with Gasteiger partial charge in [-0.05, 0) is 67.5 Å². The van der Waals surface area contributed by atoms with Crippen molar-refractivity contribution in [1.82, 2.24) is 14.9 Å². The van der Waals surface area contributed by atoms with Crippen molar-refractivity contribution in [2.75, 3.05) is 19.4 Å². The Morgan fingerprint density at radius 1 is 1.18 bits per heavy atom. The van der Waals surface area contributed by atoms with Gasteiger partial charge in [-0.2, -0.15) is 0 Å². The first-order valence-electron chi connectivity index (χ1n) is 11.2. The molecule has 1 aliphatic rings. The highest BCUT2D eigenvalue weighted by molar-refractivity contribution is 6.33. The van der Waals surface area contributed by atoms with Crippen LogP contribution in [0.25, 0.3) is 11.3 Å². The van der Waals surface area contributed by atoms with Gasteiger partial charge in [0.15, 0.2) is 0 Å². The van der Waals surface area contributed by atoms with Crippen LogP contribution in [0.3, 0.4) is 0 Å². The molecule has 7 heteroatoms. The fraction of sp³-hybridized carbons (Fsp3) is 0.346. The Kier molecular flexibility index (Phi) is 7.23. The molecule has 0 radical (unpaired) electrons. The topological polar surface area (TPSA) is 58.1 Å². The van der Waals surface area contributed by atoms with Gasteiger partial charge >= 0.3 is 0 Å². The van der Waals surface area contributed by atoms with Gasteiger partial charge in [0.25, 0.3) is 0 Å². The van der Waals surface area contributed by atoms with E-state index in [2.05, 4.69) is 10.3 Å². The molecular weight excluding hydrogens is 439 g/mol. The summed E-state index contributed by atoms with van der Waals surface area (Å²) in [4.78, 5) is 23.2. The van der Waals surface area contributed by atoms with Crippen LogP contribution in [-0.2, 0) is 17.8 Å². The molecule has 1 amide bonds. The molecule has 1 aromatic carbocycles. The number of aromatic nitrogens is 2. The van der Waals surface area contributed by atoms with E-state index in [4.69, 9.17) is 16.6 Å². The second-order valence-corrected chi connectivity index (χ2v) is 9.27. The van der Waals surface area contributed by atoms with E-state index in [0.717, 1.165) is 48.2 Å². The summed E-state index contributed by atoms with van der Waals surface area (Å²) in [5, 5.41) is 3.79. The first-order chi connectivity index (χ1) is 15.9. The average Bonchev–Trinajstić information content (AvgIpc) is 3.27. The van der Waals surface area contributed by atoms with Gasteiger partial charge in [0.2, 0.25) is 5.91 Å². The predicted molar refractivity (Wildman–Crippen MR) is 129 cm³/mol. The normalized spacial score (nSPS) is 17.7. The average molecular weight is 467 g/mol. The maximum absolute atomic E-state index is 13.4. The number of nitrogens with zero attached hydrogens (tertiary/aromatic N) is 3. The zero-order chi connectivity index (χ0) is 23.4. The third kappa shape index (κ3) is 5.88. The zero-order valence-electron chi connectivity index (χ0n) is 18.9. The van der Waals surface area contributed by atoms with Crippen LogP contribution < -0.4 is 5.32 Å². The summed E-state index contributed by atoms with van der Waals surface area (Å²) >= 11 is 6.47. The van der Waals surface area contributed by atoms with E-state index in [9.17, 15) is 9.18 Å². The summed E-state index contributed by atoms with van der Waals surface area (Å²) in [5.74, 6) is 1.19. The molecule has 5 nitrogen and oxygen atoms in total. The third-order valence-electron chi connectivity index (χ3n) is 6.13. The number of hydrogen-bond acceptors (Lipinski definition) is 4. The van der Waals surface area contributed by atoms with Gasteiger partial charge in [-0.1, -0.05) is 29.8 Å². The lowest BCUT2D eigenvalue weighted by atomic mass is 9.98. The molecule has 33 heavy (non-hydrogen) atoms. The van der Waals surface area contributed by atoms with Crippen molar-refractivity contribution in [3.05, 3.63) is 76.8 Å². The van der Waals surface area contributed by atoms with Gasteiger partial charge in [-0.25, -0.2) is 9.37 Å². The maximum Gasteiger partial charge on any atom is 0.225 e. The number of pyridine rings is 2. The van der Waals surface area contributed by atoms with Crippen LogP contribution in [0.2, 0.25) is 5.02 Å². The molecule has 1 N–H and O–H groups in total. The predicted octanol–water partition coefficient (Wildman–Crippen LogP) is 5.60. The zero-order valence-corrected chi connectivity index (χ0v) is 19.6. The Morgan fingerprint density at radius 3 is 2.79 bits per heavy atom. The molecule has 0 aliphatic heterocycles. The lowest BCUT2D eigenvalue weighted by molar-refractivity contribution is -0.132. The van der Waals surface area contributed by atoms with E-state index in [1.807, 2.05) is 44.4 Å². The summed E-state index contributed by atoms with van der Waals surface area (Å²) in [6.45, 7) is 0.470. The van der Waals surface area contributed by atoms with Gasteiger partial charge in [0, 0.05) is 44.0 Å². The number of nitrogens with one attached hydrogen (secondary N) is 1. The number of carbonyl (C=O) groups excluding carboxylic acids is 1. The molecule has 2 heterocycles. The van der Waals surface area contributed by atoms with Crippen LogP contribution in [0.1, 0.15) is 30.5 Å². The second kappa shape index (κ2) is 10.3. The Balaban J connectivity index is 1.45. The van der Waals surface area contributed by atoms with Crippen molar-refractivity contribution in [3.63, 3.8) is 0 Å². The highest BCUT2D eigenvalue weighted by atomic mass is 35.5. The van der Waals surface area contributed by atoms with Crippen LogP contribution in [0.5, 0.6) is 0 Å². The molecule has 3 aromatic rings. The van der Waals surface area contributed by atoms with Gasteiger partial charge < -0.3 is 10.2 Å². The van der Waals surface area contributed by atoms with Crippen LogP contribution >= 0.6 is 11.6 Å². The van der Waals surface area contributed by atoms with Crippen molar-refractivity contribution in [2.24, 2.45) is 11.8 Å². The highest BCUT2D eigenvalue weighted by Gasteiger charge is 2.31. The molecule has 0 spiro atoms. The molecule has 1 saturated carbocycles. The quantitative estimate of drug-likeness (QED) is 0.492. The molecule has 4 rings (SSSR count). The molecule has 0 unspecified atom stereocenters. The smallest absolute Gasteiger partial charge is 0.225 e. The lowest BCUT2D eigenvalue weighted by Crippen LogP contribution is -2.28. The Hall–Kier alpha value is -2.99. The van der Waals surface area contributed by atoms with Crippen molar-refractivity contribution in [2.45, 2.75) is 32.2 Å². The third-order valence-corrected chi connectivity index (χ3v) is 6.43. The van der Waals surface area contributed by atoms with Crippen LogP contribution in [0.15, 0.2) is 54.7 Å². The summed E-state index contributed by atoms with van der Waals surface area (Å²) in [6.07, 6.45) is 5.36. The fourth-order valence-electron chi connectivity index (χ4n) is 4.46. The van der Waals surface area contributed by atoms with Crippen molar-refractivity contribution < 1.29 is 9.18 Å². The lowest BCUT2D eigenvalue weighted by Gasteiger charge is -2.16. The molecular formula is C26H28ClFN4O. The Morgan fingerprint density at radius 2 is 2.00 bits per heavy atom. The SMILES string of the molecule is CN(C)C(=O)[C@H]1CC[C@@H](Cc2cc(-c3cccc(NCc4cccc(F)c4)n3)c(Cl)cn2)C1. The largest absolute Gasteiger partial charge is 0.366 e. The standard InChI is InChI=1S/C26H28ClFN4O/c1-32(2)26(33)19-10-9-17(11-19)13-21-14-22(23(27)16-29-21)24-7-4-8-25(31-24)30-15-18-5-3-6-20(28)12-18/h3-8,12,14,16-17,19H,9-11,13,15H2,1-2H3,(H,30,31)/t17-,19+/m1/s1. The van der Waals surface area contributed by atoms with Crippen LogP contribution in [0, 0.1) is 17.7 Å². The van der Waals surface area contributed by atoms with Crippen molar-refractivity contribution in [1.29, 1.82) is 0 Å². The number of halogens is 2. The summed E-state index contributed by atoms with van der Waals surface area (Å²) < 4.78 is 13.4. The molecule has 1 aliphatic carbocycles. The molecule has 2 atom stereocenters. The molecule has 0 saturated heterocycles. The first-order valence-corrected chi connectivity index (χ1v) is 11.6. The Labute approximate surface area is 199 Å². The Bertz CT molecular complexity index is 1140. The van der Waals surface area contributed by atoms with E-state index in [1.54, 1.807) is 17.2 Å². The highest BCUT2D eigenvalue weighted by Crippen LogP contribution is 2.35. The fourth-order valence-corrected chi connectivity index (χ4v) is 4.66. The van der Waals surface area contributed by atoms with Gasteiger partial charge in [0.1, 0.15) is 11.6 Å². The molecule has 2 aromatic heterocycles. The van der Waals surface area contributed by atoms with E-state index in [1.165, 1.54) is 12.1 Å². The summed E-state index contributed by atoms with van der Waals surface area (Å²) in [6, 6.07) is 14.2. The number of carbonyl (C=O) groups is 1. The number of rotatable bonds is 7. The number of benzene rings is 1. The van der Waals surface area contributed by atoms with Crippen molar-refractivity contribution >= 4 is 23.3 Å². The van der Waals surface area contributed by atoms with E-state index < -0.39 is 0 Å². The van der Waals surface area contributed by atoms with Gasteiger partial charge in [-0.3, -0.25) is 9.78 Å². The van der Waals surface area contributed by atoms with Gasteiger partial charge in [-0.15, -0.1) is 0 Å².